The molecule has 1 aliphatic heterocycles. The molecule has 76 valence electrons. The van der Waals surface area contributed by atoms with Gasteiger partial charge in [-0.25, -0.2) is 0 Å². The van der Waals surface area contributed by atoms with Crippen LogP contribution >= 0.6 is 34.8 Å². The van der Waals surface area contributed by atoms with E-state index in [0.29, 0.717) is 26.4 Å². The molecule has 5 heteroatoms. The third kappa shape index (κ3) is 1.38. The topological polar surface area (TPSA) is 29.5 Å². The second-order valence-corrected chi connectivity index (χ2v) is 4.36. The minimum absolute atomic E-state index is 0.308. The van der Waals surface area contributed by atoms with Gasteiger partial charge in [0.2, 0.25) is 0 Å². The van der Waals surface area contributed by atoms with Crippen molar-refractivity contribution in [2.24, 2.45) is 0 Å². The zero-order valence-electron chi connectivity index (χ0n) is 7.22. The van der Waals surface area contributed by atoms with Crippen molar-refractivity contribution in [1.29, 1.82) is 0 Å². The fourth-order valence-corrected chi connectivity index (χ4v) is 2.24. The van der Waals surface area contributed by atoms with E-state index in [2.05, 4.69) is 0 Å². The van der Waals surface area contributed by atoms with Crippen molar-refractivity contribution < 1.29 is 9.84 Å². The Morgan fingerprint density at radius 3 is 2.57 bits per heavy atom. The molecule has 1 N–H and O–H groups in total. The van der Waals surface area contributed by atoms with Crippen molar-refractivity contribution in [3.63, 3.8) is 0 Å². The third-order valence-electron chi connectivity index (χ3n) is 2.21. The zero-order chi connectivity index (χ0) is 10.5. The summed E-state index contributed by atoms with van der Waals surface area (Å²) in [6.07, 6.45) is -1.12. The van der Waals surface area contributed by atoms with Gasteiger partial charge in [-0.3, -0.25) is 0 Å². The van der Waals surface area contributed by atoms with E-state index < -0.39 is 6.10 Å². The SMILES string of the molecule is CC1Oc2c(Cl)cc(Cl)c(Cl)c2C1O. The second-order valence-electron chi connectivity index (χ2n) is 3.16. The fourth-order valence-electron chi connectivity index (χ4n) is 1.47. The molecule has 0 spiro atoms. The number of aliphatic hydroxyl groups excluding tert-OH is 1. The van der Waals surface area contributed by atoms with E-state index in [-0.39, 0.29) is 6.10 Å². The normalized spacial score (nSPS) is 24.6. The molecular formula is C9H7Cl3O2. The third-order valence-corrected chi connectivity index (χ3v) is 3.29. The molecule has 1 aromatic carbocycles. The van der Waals surface area contributed by atoms with Gasteiger partial charge in [0.15, 0.2) is 0 Å². The quantitative estimate of drug-likeness (QED) is 0.718. The summed E-state index contributed by atoms with van der Waals surface area (Å²) in [6.45, 7) is 1.74. The molecular weight excluding hydrogens is 246 g/mol. The molecule has 0 fully saturated rings. The Kier molecular flexibility index (Phi) is 2.56. The van der Waals surface area contributed by atoms with Crippen molar-refractivity contribution in [1.82, 2.24) is 0 Å². The number of benzene rings is 1. The Labute approximate surface area is 96.3 Å². The maximum absolute atomic E-state index is 9.75. The summed E-state index contributed by atoms with van der Waals surface area (Å²) in [6, 6.07) is 1.51. The van der Waals surface area contributed by atoms with Crippen LogP contribution in [0.1, 0.15) is 18.6 Å². The second kappa shape index (κ2) is 3.46. The van der Waals surface area contributed by atoms with Crippen molar-refractivity contribution in [2.75, 3.05) is 0 Å². The first-order chi connectivity index (χ1) is 6.52. The number of rotatable bonds is 0. The summed E-state index contributed by atoms with van der Waals surface area (Å²) in [7, 11) is 0. The highest BCUT2D eigenvalue weighted by atomic mass is 35.5. The zero-order valence-corrected chi connectivity index (χ0v) is 9.49. The first-order valence-electron chi connectivity index (χ1n) is 4.04. The highest BCUT2D eigenvalue weighted by Gasteiger charge is 2.34. The molecule has 1 heterocycles. The Hall–Kier alpha value is -0.150. The Morgan fingerprint density at radius 2 is 1.93 bits per heavy atom. The molecule has 1 aliphatic rings. The van der Waals surface area contributed by atoms with Gasteiger partial charge in [0.1, 0.15) is 18.0 Å². The van der Waals surface area contributed by atoms with Crippen LogP contribution in [0.5, 0.6) is 5.75 Å². The number of hydrogen-bond acceptors (Lipinski definition) is 2. The number of ether oxygens (including phenoxy) is 1. The van der Waals surface area contributed by atoms with Gasteiger partial charge in [0.05, 0.1) is 15.1 Å². The van der Waals surface area contributed by atoms with E-state index in [1.807, 2.05) is 0 Å². The van der Waals surface area contributed by atoms with E-state index in [1.54, 1.807) is 6.92 Å². The van der Waals surface area contributed by atoms with Gasteiger partial charge in [0.25, 0.3) is 0 Å². The molecule has 0 saturated carbocycles. The van der Waals surface area contributed by atoms with Crippen LogP contribution in [0, 0.1) is 0 Å². The molecule has 0 aliphatic carbocycles. The van der Waals surface area contributed by atoms with Gasteiger partial charge < -0.3 is 9.84 Å². The van der Waals surface area contributed by atoms with Crippen LogP contribution in [-0.4, -0.2) is 11.2 Å². The molecule has 0 amide bonds. The molecule has 2 unspecified atom stereocenters. The summed E-state index contributed by atoms with van der Waals surface area (Å²) in [5, 5.41) is 10.8. The first-order valence-corrected chi connectivity index (χ1v) is 5.18. The smallest absolute Gasteiger partial charge is 0.146 e. The maximum Gasteiger partial charge on any atom is 0.146 e. The lowest BCUT2D eigenvalue weighted by molar-refractivity contribution is 0.0796. The van der Waals surface area contributed by atoms with Crippen LogP contribution in [0.4, 0.5) is 0 Å². The summed E-state index contributed by atoms with van der Waals surface area (Å²) in [5.74, 6) is 0.432. The number of hydrogen-bond donors (Lipinski definition) is 1. The van der Waals surface area contributed by atoms with Crippen LogP contribution in [0.2, 0.25) is 15.1 Å². The Balaban J connectivity index is 2.67. The van der Waals surface area contributed by atoms with Crippen molar-refractivity contribution in [3.8, 4) is 5.75 Å². The summed E-state index contributed by atoms with van der Waals surface area (Å²) < 4.78 is 5.36. The van der Waals surface area contributed by atoms with E-state index >= 15 is 0 Å². The average molecular weight is 254 g/mol. The maximum atomic E-state index is 9.75. The van der Waals surface area contributed by atoms with Gasteiger partial charge in [-0.1, -0.05) is 34.8 Å². The highest BCUT2D eigenvalue weighted by Crippen LogP contribution is 2.48. The largest absolute Gasteiger partial charge is 0.486 e. The molecule has 0 saturated heterocycles. The first kappa shape index (κ1) is 10.4. The Bertz CT molecular complexity index is 392. The molecule has 2 nitrogen and oxygen atoms in total. The summed E-state index contributed by atoms with van der Waals surface area (Å²) >= 11 is 17.7. The van der Waals surface area contributed by atoms with Crippen LogP contribution < -0.4 is 4.74 Å². The van der Waals surface area contributed by atoms with Gasteiger partial charge in [-0.2, -0.15) is 0 Å². The van der Waals surface area contributed by atoms with Crippen LogP contribution in [0.15, 0.2) is 6.07 Å². The standard InChI is InChI=1S/C9H7Cl3O2/c1-3-8(13)6-7(12)4(10)2-5(11)9(6)14-3/h2-3,8,13H,1H3. The van der Waals surface area contributed by atoms with Gasteiger partial charge >= 0.3 is 0 Å². The van der Waals surface area contributed by atoms with Crippen LogP contribution in [-0.2, 0) is 0 Å². The van der Waals surface area contributed by atoms with Crippen LogP contribution in [0.3, 0.4) is 0 Å². The number of halogens is 3. The molecule has 0 radical (unpaired) electrons. The lowest BCUT2D eigenvalue weighted by Crippen LogP contribution is -2.12. The van der Waals surface area contributed by atoms with E-state index in [4.69, 9.17) is 39.5 Å². The predicted molar refractivity (Wildman–Crippen MR) is 56.5 cm³/mol. The van der Waals surface area contributed by atoms with Crippen molar-refractivity contribution in [2.45, 2.75) is 19.1 Å². The predicted octanol–water partition coefficient (Wildman–Crippen LogP) is 3.46. The van der Waals surface area contributed by atoms with E-state index in [9.17, 15) is 5.11 Å². The molecule has 2 atom stereocenters. The minimum atomic E-state index is -0.770. The molecule has 2 rings (SSSR count). The van der Waals surface area contributed by atoms with E-state index in [1.165, 1.54) is 6.07 Å². The molecule has 1 aromatic rings. The number of aliphatic hydroxyl groups is 1. The summed E-state index contributed by atoms with van der Waals surface area (Å²) in [4.78, 5) is 0. The lowest BCUT2D eigenvalue weighted by atomic mass is 10.1. The number of fused-ring (bicyclic) bond motifs is 1. The molecule has 14 heavy (non-hydrogen) atoms. The summed E-state index contributed by atoms with van der Waals surface area (Å²) in [5.41, 5.74) is 0.483. The Morgan fingerprint density at radius 1 is 1.29 bits per heavy atom. The van der Waals surface area contributed by atoms with Gasteiger partial charge in [0, 0.05) is 5.56 Å². The van der Waals surface area contributed by atoms with Gasteiger partial charge in [-0.05, 0) is 13.0 Å². The molecule has 0 aromatic heterocycles. The monoisotopic (exact) mass is 252 g/mol. The highest BCUT2D eigenvalue weighted by molar-refractivity contribution is 6.44. The fraction of sp³-hybridized carbons (Fsp3) is 0.333. The van der Waals surface area contributed by atoms with Crippen LogP contribution in [0.25, 0.3) is 0 Å². The van der Waals surface area contributed by atoms with Crippen molar-refractivity contribution in [3.05, 3.63) is 26.7 Å². The average Bonchev–Trinajstić information content (AvgIpc) is 2.41. The van der Waals surface area contributed by atoms with E-state index in [0.717, 1.165) is 0 Å². The lowest BCUT2D eigenvalue weighted by Gasteiger charge is -2.07. The van der Waals surface area contributed by atoms with Crippen molar-refractivity contribution >= 4 is 34.8 Å². The molecule has 0 bridgehead atoms. The van der Waals surface area contributed by atoms with Gasteiger partial charge in [-0.15, -0.1) is 0 Å². The minimum Gasteiger partial charge on any atom is -0.486 e.